The van der Waals surface area contributed by atoms with Crippen molar-refractivity contribution in [3.05, 3.63) is 71.4 Å². The fourth-order valence-electron chi connectivity index (χ4n) is 2.51. The van der Waals surface area contributed by atoms with Crippen LogP contribution in [-0.2, 0) is 19.3 Å². The molecule has 0 amide bonds. The highest BCUT2D eigenvalue weighted by Gasteiger charge is 2.35. The number of hydrogen-bond acceptors (Lipinski definition) is 3. The van der Waals surface area contributed by atoms with E-state index in [0.717, 1.165) is 17.2 Å². The summed E-state index contributed by atoms with van der Waals surface area (Å²) in [4.78, 5) is 0. The van der Waals surface area contributed by atoms with Crippen LogP contribution in [0.15, 0.2) is 54.6 Å². The molecule has 4 N–H and O–H groups in total. The van der Waals surface area contributed by atoms with Crippen LogP contribution in [0.1, 0.15) is 16.8 Å². The van der Waals surface area contributed by atoms with Gasteiger partial charge in [-0.25, -0.2) is 4.68 Å². The van der Waals surface area contributed by atoms with Gasteiger partial charge in [-0.15, -0.1) is 0 Å². The first-order valence-corrected chi connectivity index (χ1v) is 7.68. The number of hydrogen-bond donors (Lipinski definition) is 2. The second-order valence-electron chi connectivity index (χ2n) is 5.60. The van der Waals surface area contributed by atoms with Gasteiger partial charge in [0.25, 0.3) is 0 Å². The highest BCUT2D eigenvalue weighted by Crippen LogP contribution is 2.33. The Bertz CT molecular complexity index is 785. The van der Waals surface area contributed by atoms with E-state index in [-0.39, 0.29) is 0 Å². The third-order valence-corrected chi connectivity index (χ3v) is 3.90. The fraction of sp³-hybridized carbons (Fsp3) is 0.167. The first-order chi connectivity index (χ1) is 11.9. The lowest BCUT2D eigenvalue weighted by molar-refractivity contribution is -0.141. The van der Waals surface area contributed by atoms with Crippen LogP contribution in [0.5, 0.6) is 0 Å². The van der Waals surface area contributed by atoms with Crippen molar-refractivity contribution in [2.24, 2.45) is 11.5 Å². The quantitative estimate of drug-likeness (QED) is 0.760. The molecule has 7 heteroatoms. The van der Waals surface area contributed by atoms with Gasteiger partial charge in [0.1, 0.15) is 0 Å². The summed E-state index contributed by atoms with van der Waals surface area (Å²) in [5.41, 5.74) is 13.5. The molecule has 0 fully saturated rings. The van der Waals surface area contributed by atoms with Crippen LogP contribution in [-0.4, -0.2) is 9.78 Å². The van der Waals surface area contributed by atoms with Crippen LogP contribution in [0.25, 0.3) is 16.9 Å². The zero-order valence-electron chi connectivity index (χ0n) is 13.3. The van der Waals surface area contributed by atoms with E-state index in [0.29, 0.717) is 30.0 Å². The van der Waals surface area contributed by atoms with Crippen molar-refractivity contribution < 1.29 is 13.2 Å². The Labute approximate surface area is 142 Å². The molecule has 0 aliphatic rings. The average molecular weight is 346 g/mol. The zero-order chi connectivity index (χ0) is 18.0. The maximum atomic E-state index is 13.1. The number of aromatic nitrogens is 2. The SMILES string of the molecule is NCc1ccc(-c2cc(C(F)(F)F)nn2-c2ccc(CN)cc2)cc1. The summed E-state index contributed by atoms with van der Waals surface area (Å²) in [6.07, 6.45) is -4.52. The molecule has 3 aromatic rings. The minimum absolute atomic E-state index is 0.358. The Balaban J connectivity index is 2.12. The standard InChI is InChI=1S/C18H17F3N4/c19-18(20,21)17-9-16(14-5-1-12(10-22)2-6-14)25(24-17)15-7-3-13(11-23)4-8-15/h1-9H,10-11,22-23H2. The highest BCUT2D eigenvalue weighted by molar-refractivity contribution is 5.63. The fourth-order valence-corrected chi connectivity index (χ4v) is 2.51. The molecule has 0 atom stereocenters. The van der Waals surface area contributed by atoms with Gasteiger partial charge in [-0.05, 0) is 29.3 Å². The summed E-state index contributed by atoms with van der Waals surface area (Å²) in [6, 6.07) is 15.1. The van der Waals surface area contributed by atoms with Crippen molar-refractivity contribution >= 4 is 0 Å². The summed E-state index contributed by atoms with van der Waals surface area (Å²) < 4.78 is 40.7. The van der Waals surface area contributed by atoms with Crippen LogP contribution < -0.4 is 11.5 Å². The smallest absolute Gasteiger partial charge is 0.326 e. The monoisotopic (exact) mass is 346 g/mol. The van der Waals surface area contributed by atoms with Gasteiger partial charge in [-0.2, -0.15) is 18.3 Å². The molecule has 1 aromatic heterocycles. The van der Waals surface area contributed by atoms with E-state index < -0.39 is 11.9 Å². The number of nitrogens with two attached hydrogens (primary N) is 2. The number of rotatable bonds is 4. The van der Waals surface area contributed by atoms with E-state index in [9.17, 15) is 13.2 Å². The Kier molecular flexibility index (Phi) is 4.61. The summed E-state index contributed by atoms with van der Waals surface area (Å²) in [6.45, 7) is 0.731. The lowest BCUT2D eigenvalue weighted by Gasteiger charge is -2.09. The van der Waals surface area contributed by atoms with E-state index >= 15 is 0 Å². The normalized spacial score (nSPS) is 11.7. The second kappa shape index (κ2) is 6.70. The van der Waals surface area contributed by atoms with E-state index in [1.807, 2.05) is 0 Å². The predicted octanol–water partition coefficient (Wildman–Crippen LogP) is 3.48. The van der Waals surface area contributed by atoms with Crippen molar-refractivity contribution in [1.29, 1.82) is 0 Å². The van der Waals surface area contributed by atoms with Crippen molar-refractivity contribution in [2.75, 3.05) is 0 Å². The zero-order valence-corrected chi connectivity index (χ0v) is 13.3. The lowest BCUT2D eigenvalue weighted by Crippen LogP contribution is -2.07. The molecule has 0 radical (unpaired) electrons. The van der Waals surface area contributed by atoms with Crippen LogP contribution >= 0.6 is 0 Å². The summed E-state index contributed by atoms with van der Waals surface area (Å²) in [5, 5.41) is 3.76. The van der Waals surface area contributed by atoms with E-state index in [1.54, 1.807) is 48.5 Å². The van der Waals surface area contributed by atoms with Gasteiger partial charge < -0.3 is 11.5 Å². The molecule has 0 saturated heterocycles. The number of nitrogens with zero attached hydrogens (tertiary/aromatic N) is 2. The molecular weight excluding hydrogens is 329 g/mol. The van der Waals surface area contributed by atoms with Crippen LogP contribution in [0.2, 0.25) is 0 Å². The summed E-state index contributed by atoms with van der Waals surface area (Å²) in [5.74, 6) is 0. The maximum absolute atomic E-state index is 13.1. The number of benzene rings is 2. The largest absolute Gasteiger partial charge is 0.435 e. The van der Waals surface area contributed by atoms with Gasteiger partial charge in [0.15, 0.2) is 5.69 Å². The van der Waals surface area contributed by atoms with Gasteiger partial charge in [0.2, 0.25) is 0 Å². The average Bonchev–Trinajstić information content (AvgIpc) is 3.07. The first kappa shape index (κ1) is 17.2. The lowest BCUT2D eigenvalue weighted by atomic mass is 10.1. The van der Waals surface area contributed by atoms with E-state index in [4.69, 9.17) is 11.5 Å². The molecule has 130 valence electrons. The Morgan fingerprint density at radius 1 is 0.840 bits per heavy atom. The molecule has 0 aliphatic carbocycles. The Morgan fingerprint density at radius 2 is 1.36 bits per heavy atom. The molecule has 0 spiro atoms. The van der Waals surface area contributed by atoms with Crippen molar-refractivity contribution in [3.8, 4) is 16.9 Å². The van der Waals surface area contributed by atoms with Gasteiger partial charge >= 0.3 is 6.18 Å². The van der Waals surface area contributed by atoms with E-state index in [1.165, 1.54) is 4.68 Å². The predicted molar refractivity (Wildman–Crippen MR) is 89.8 cm³/mol. The minimum atomic E-state index is -4.52. The van der Waals surface area contributed by atoms with Gasteiger partial charge in [-0.1, -0.05) is 36.4 Å². The first-order valence-electron chi connectivity index (χ1n) is 7.68. The molecule has 25 heavy (non-hydrogen) atoms. The van der Waals surface area contributed by atoms with Crippen molar-refractivity contribution in [2.45, 2.75) is 19.3 Å². The van der Waals surface area contributed by atoms with E-state index in [2.05, 4.69) is 5.10 Å². The maximum Gasteiger partial charge on any atom is 0.435 e. The molecule has 0 bridgehead atoms. The second-order valence-corrected chi connectivity index (χ2v) is 5.60. The third kappa shape index (κ3) is 3.57. The van der Waals surface area contributed by atoms with Crippen molar-refractivity contribution in [1.82, 2.24) is 9.78 Å². The topological polar surface area (TPSA) is 69.9 Å². The summed E-state index contributed by atoms with van der Waals surface area (Å²) in [7, 11) is 0. The van der Waals surface area contributed by atoms with Gasteiger partial charge in [-0.3, -0.25) is 0 Å². The molecule has 1 heterocycles. The van der Waals surface area contributed by atoms with Crippen LogP contribution in [0, 0.1) is 0 Å². The number of alkyl halides is 3. The van der Waals surface area contributed by atoms with Gasteiger partial charge in [0, 0.05) is 18.7 Å². The number of halogens is 3. The molecule has 2 aromatic carbocycles. The highest BCUT2D eigenvalue weighted by atomic mass is 19.4. The molecule has 3 rings (SSSR count). The summed E-state index contributed by atoms with van der Waals surface area (Å²) >= 11 is 0. The Hall–Kier alpha value is -2.64. The van der Waals surface area contributed by atoms with Crippen LogP contribution in [0.3, 0.4) is 0 Å². The van der Waals surface area contributed by atoms with Gasteiger partial charge in [0.05, 0.1) is 11.4 Å². The molecular formula is C18H17F3N4. The molecule has 4 nitrogen and oxygen atoms in total. The Morgan fingerprint density at radius 3 is 1.84 bits per heavy atom. The van der Waals surface area contributed by atoms with Crippen molar-refractivity contribution in [3.63, 3.8) is 0 Å². The molecule has 0 aliphatic heterocycles. The third-order valence-electron chi connectivity index (χ3n) is 3.90. The molecule has 0 saturated carbocycles. The molecule has 0 unspecified atom stereocenters. The van der Waals surface area contributed by atoms with Crippen LogP contribution in [0.4, 0.5) is 13.2 Å². The minimum Gasteiger partial charge on any atom is -0.326 e.